The molecule has 0 heterocycles. The van der Waals surface area contributed by atoms with Crippen molar-refractivity contribution in [2.75, 3.05) is 13.0 Å². The Morgan fingerprint density at radius 3 is 2.82 bits per heavy atom. The van der Waals surface area contributed by atoms with Crippen molar-refractivity contribution in [3.8, 4) is 5.75 Å². The molecule has 0 aliphatic heterocycles. The van der Waals surface area contributed by atoms with Gasteiger partial charge in [-0.3, -0.25) is 10.1 Å². The van der Waals surface area contributed by atoms with Crippen LogP contribution in [0.15, 0.2) is 23.1 Å². The number of benzene rings is 1. The average Bonchev–Trinajstić information content (AvgIpc) is 2.28. The number of alkyl halides is 1. The Bertz CT molecular complexity index is 400. The molecule has 1 aromatic rings. The van der Waals surface area contributed by atoms with E-state index in [1.807, 2.05) is 0 Å². The zero-order valence-corrected chi connectivity index (χ0v) is 11.3. The Hall–Kier alpha value is -0.940. The van der Waals surface area contributed by atoms with Crippen LogP contribution in [0.4, 0.5) is 5.69 Å². The average molecular weight is 276 g/mol. The highest BCUT2D eigenvalue weighted by Crippen LogP contribution is 2.33. The van der Waals surface area contributed by atoms with Gasteiger partial charge in [0.2, 0.25) is 0 Å². The molecule has 0 bridgehead atoms. The van der Waals surface area contributed by atoms with Gasteiger partial charge < -0.3 is 4.74 Å². The number of rotatable bonds is 6. The second kappa shape index (κ2) is 6.71. The molecular formula is C11H14ClNO3S. The molecule has 0 aromatic heterocycles. The third-order valence-corrected chi connectivity index (χ3v) is 3.58. The van der Waals surface area contributed by atoms with Crippen LogP contribution in [0, 0.1) is 10.1 Å². The van der Waals surface area contributed by atoms with Gasteiger partial charge >= 0.3 is 5.69 Å². The second-order valence-corrected chi connectivity index (χ2v) is 5.39. The predicted molar refractivity (Wildman–Crippen MR) is 70.3 cm³/mol. The van der Waals surface area contributed by atoms with Crippen molar-refractivity contribution in [2.45, 2.75) is 23.5 Å². The zero-order chi connectivity index (χ0) is 12.8. The third-order valence-electron chi connectivity index (χ3n) is 2.20. The van der Waals surface area contributed by atoms with Gasteiger partial charge in [-0.2, -0.15) is 0 Å². The molecule has 1 aromatic carbocycles. The van der Waals surface area contributed by atoms with E-state index in [0.717, 1.165) is 11.3 Å². The Balaban J connectivity index is 2.86. The number of hydrogen-bond acceptors (Lipinski definition) is 4. The minimum Gasteiger partial charge on any atom is -0.490 e. The fourth-order valence-electron chi connectivity index (χ4n) is 1.33. The molecule has 1 rings (SSSR count). The molecule has 0 radical (unpaired) electrons. The summed E-state index contributed by atoms with van der Waals surface area (Å²) in [6.07, 6.45) is 0.894. The highest BCUT2D eigenvalue weighted by molar-refractivity contribution is 7.99. The lowest BCUT2D eigenvalue weighted by atomic mass is 10.3. The lowest BCUT2D eigenvalue weighted by Crippen LogP contribution is -1.97. The number of halogens is 1. The highest BCUT2D eigenvalue weighted by Gasteiger charge is 2.15. The van der Waals surface area contributed by atoms with Crippen molar-refractivity contribution in [1.29, 1.82) is 0 Å². The standard InChI is InChI=1S/C11H14ClNO3S/c1-8(5-6-12)17-9-3-4-10(13(14)15)11(7-9)16-2/h3-4,7-8H,5-6H2,1-2H3. The van der Waals surface area contributed by atoms with E-state index in [-0.39, 0.29) is 11.4 Å². The van der Waals surface area contributed by atoms with E-state index >= 15 is 0 Å². The van der Waals surface area contributed by atoms with Crippen molar-refractivity contribution < 1.29 is 9.66 Å². The van der Waals surface area contributed by atoms with Gasteiger partial charge in [-0.1, -0.05) is 6.92 Å². The Morgan fingerprint density at radius 2 is 2.29 bits per heavy atom. The van der Waals surface area contributed by atoms with Gasteiger partial charge in [0.25, 0.3) is 0 Å². The van der Waals surface area contributed by atoms with Gasteiger partial charge in [-0.25, -0.2) is 0 Å². The summed E-state index contributed by atoms with van der Waals surface area (Å²) >= 11 is 7.29. The molecule has 1 unspecified atom stereocenters. The van der Waals surface area contributed by atoms with Gasteiger partial charge in [0.05, 0.1) is 12.0 Å². The lowest BCUT2D eigenvalue weighted by Gasteiger charge is -2.10. The molecule has 94 valence electrons. The summed E-state index contributed by atoms with van der Waals surface area (Å²) in [5.41, 5.74) is -0.0122. The first-order chi connectivity index (χ1) is 8.08. The molecule has 0 fully saturated rings. The number of nitro groups is 1. The topological polar surface area (TPSA) is 52.4 Å². The van der Waals surface area contributed by atoms with E-state index < -0.39 is 4.92 Å². The summed E-state index contributed by atoms with van der Waals surface area (Å²) in [7, 11) is 1.43. The van der Waals surface area contributed by atoms with Crippen LogP contribution in [-0.2, 0) is 0 Å². The Morgan fingerprint density at radius 1 is 1.59 bits per heavy atom. The van der Waals surface area contributed by atoms with Crippen LogP contribution in [0.2, 0.25) is 0 Å². The maximum atomic E-state index is 10.7. The van der Waals surface area contributed by atoms with E-state index in [2.05, 4.69) is 6.92 Å². The maximum Gasteiger partial charge on any atom is 0.310 e. The molecule has 0 saturated heterocycles. The fraction of sp³-hybridized carbons (Fsp3) is 0.455. The van der Waals surface area contributed by atoms with E-state index in [1.165, 1.54) is 13.2 Å². The summed E-state index contributed by atoms with van der Waals surface area (Å²) < 4.78 is 5.01. The first-order valence-electron chi connectivity index (χ1n) is 5.13. The van der Waals surface area contributed by atoms with Crippen molar-refractivity contribution in [3.63, 3.8) is 0 Å². The normalized spacial score (nSPS) is 12.2. The molecule has 0 N–H and O–H groups in total. The summed E-state index contributed by atoms with van der Waals surface area (Å²) in [4.78, 5) is 11.2. The number of ether oxygens (including phenoxy) is 1. The summed E-state index contributed by atoms with van der Waals surface area (Å²) in [5.74, 6) is 0.899. The summed E-state index contributed by atoms with van der Waals surface area (Å²) in [5, 5.41) is 11.1. The Kier molecular flexibility index (Phi) is 5.58. The summed E-state index contributed by atoms with van der Waals surface area (Å²) in [6.45, 7) is 2.07. The molecule has 0 aliphatic rings. The smallest absolute Gasteiger partial charge is 0.310 e. The van der Waals surface area contributed by atoms with Crippen LogP contribution >= 0.6 is 23.4 Å². The van der Waals surface area contributed by atoms with Crippen LogP contribution in [0.25, 0.3) is 0 Å². The SMILES string of the molecule is COc1cc(SC(C)CCCl)ccc1[N+](=O)[O-]. The first-order valence-corrected chi connectivity index (χ1v) is 6.55. The van der Waals surface area contributed by atoms with Gasteiger partial charge in [0, 0.05) is 28.2 Å². The number of nitro benzene ring substituents is 1. The Labute approximate surface area is 109 Å². The molecule has 0 spiro atoms. The van der Waals surface area contributed by atoms with Gasteiger partial charge in [-0.05, 0) is 12.5 Å². The van der Waals surface area contributed by atoms with Crippen molar-refractivity contribution in [2.24, 2.45) is 0 Å². The highest BCUT2D eigenvalue weighted by atomic mass is 35.5. The molecule has 6 heteroatoms. The molecular weight excluding hydrogens is 262 g/mol. The van der Waals surface area contributed by atoms with E-state index in [0.29, 0.717) is 11.1 Å². The van der Waals surface area contributed by atoms with Crippen LogP contribution < -0.4 is 4.74 Å². The molecule has 4 nitrogen and oxygen atoms in total. The van der Waals surface area contributed by atoms with E-state index in [4.69, 9.17) is 16.3 Å². The van der Waals surface area contributed by atoms with Crippen LogP contribution in [-0.4, -0.2) is 23.2 Å². The van der Waals surface area contributed by atoms with Gasteiger partial charge in [0.1, 0.15) is 0 Å². The summed E-state index contributed by atoms with van der Waals surface area (Å²) in [6, 6.07) is 4.89. The molecule has 1 atom stereocenters. The second-order valence-electron chi connectivity index (χ2n) is 3.50. The van der Waals surface area contributed by atoms with Crippen molar-refractivity contribution in [1.82, 2.24) is 0 Å². The monoisotopic (exact) mass is 275 g/mol. The van der Waals surface area contributed by atoms with Crippen LogP contribution in [0.3, 0.4) is 0 Å². The predicted octanol–water partition coefficient (Wildman–Crippen LogP) is 3.71. The molecule has 0 amide bonds. The number of thioether (sulfide) groups is 1. The molecule has 0 saturated carbocycles. The van der Waals surface area contributed by atoms with Gasteiger partial charge in [0.15, 0.2) is 5.75 Å². The minimum atomic E-state index is -0.449. The lowest BCUT2D eigenvalue weighted by molar-refractivity contribution is -0.385. The van der Waals surface area contributed by atoms with Crippen molar-refractivity contribution in [3.05, 3.63) is 28.3 Å². The van der Waals surface area contributed by atoms with E-state index in [9.17, 15) is 10.1 Å². The molecule has 17 heavy (non-hydrogen) atoms. The van der Waals surface area contributed by atoms with Crippen LogP contribution in [0.5, 0.6) is 5.75 Å². The maximum absolute atomic E-state index is 10.7. The zero-order valence-electron chi connectivity index (χ0n) is 9.68. The third kappa shape index (κ3) is 4.09. The first kappa shape index (κ1) is 14.1. The van der Waals surface area contributed by atoms with Gasteiger partial charge in [-0.15, -0.1) is 23.4 Å². The fourth-order valence-corrected chi connectivity index (χ4v) is 2.81. The van der Waals surface area contributed by atoms with Crippen molar-refractivity contribution >= 4 is 29.1 Å². The molecule has 0 aliphatic carbocycles. The van der Waals surface area contributed by atoms with E-state index in [1.54, 1.807) is 23.9 Å². The minimum absolute atomic E-state index is 0.0122. The largest absolute Gasteiger partial charge is 0.490 e. The number of nitrogens with zero attached hydrogens (tertiary/aromatic N) is 1. The number of hydrogen-bond donors (Lipinski definition) is 0. The number of methoxy groups -OCH3 is 1. The van der Waals surface area contributed by atoms with Crippen LogP contribution in [0.1, 0.15) is 13.3 Å². The quantitative estimate of drug-likeness (QED) is 0.344.